The van der Waals surface area contributed by atoms with Gasteiger partial charge in [0.05, 0.1) is 6.04 Å². The highest BCUT2D eigenvalue weighted by molar-refractivity contribution is 5.78. The molecular weight excluding hydrogens is 214 g/mol. The Balaban J connectivity index is 2.81. The predicted octanol–water partition coefficient (Wildman–Crippen LogP) is 2.66. The maximum atomic E-state index is 5.86. The fourth-order valence-electron chi connectivity index (χ4n) is 1.76. The average molecular weight is 237 g/mol. The summed E-state index contributed by atoms with van der Waals surface area (Å²) in [5.74, 6) is 2.27. The van der Waals surface area contributed by atoms with Crippen LogP contribution in [-0.4, -0.2) is 11.5 Å². The van der Waals surface area contributed by atoms with Gasteiger partial charge in [0.25, 0.3) is 0 Å². The van der Waals surface area contributed by atoms with Crippen molar-refractivity contribution < 1.29 is 4.42 Å². The molecule has 0 aliphatic heterocycles. The smallest absolute Gasteiger partial charge is 0.189 e. The first-order valence-corrected chi connectivity index (χ1v) is 5.87. The number of guanidine groups is 1. The second-order valence-electron chi connectivity index (χ2n) is 5.43. The topological polar surface area (TPSA) is 63.5 Å². The van der Waals surface area contributed by atoms with Gasteiger partial charge in [-0.1, -0.05) is 0 Å². The van der Waals surface area contributed by atoms with Gasteiger partial charge in [0.15, 0.2) is 5.96 Å². The molecule has 0 amide bonds. The van der Waals surface area contributed by atoms with Crippen LogP contribution in [0.15, 0.2) is 15.5 Å². The SMILES string of the molecule is Cc1cc(C(C)N=C(N)NC(C)(C)C)c(C)o1. The van der Waals surface area contributed by atoms with Crippen molar-refractivity contribution in [3.05, 3.63) is 23.2 Å². The molecule has 0 radical (unpaired) electrons. The summed E-state index contributed by atoms with van der Waals surface area (Å²) >= 11 is 0. The van der Waals surface area contributed by atoms with Crippen LogP contribution in [-0.2, 0) is 0 Å². The van der Waals surface area contributed by atoms with Crippen LogP contribution in [0.25, 0.3) is 0 Å². The molecule has 4 heteroatoms. The fourth-order valence-corrected chi connectivity index (χ4v) is 1.76. The molecule has 0 fully saturated rings. The van der Waals surface area contributed by atoms with Gasteiger partial charge in [-0.05, 0) is 47.6 Å². The van der Waals surface area contributed by atoms with Gasteiger partial charge >= 0.3 is 0 Å². The Morgan fingerprint density at radius 2 is 2.00 bits per heavy atom. The van der Waals surface area contributed by atoms with Gasteiger partial charge in [0.1, 0.15) is 11.5 Å². The van der Waals surface area contributed by atoms with Crippen LogP contribution in [0.2, 0.25) is 0 Å². The number of hydrogen-bond donors (Lipinski definition) is 2. The minimum absolute atomic E-state index is 0.00213. The van der Waals surface area contributed by atoms with Crippen molar-refractivity contribution in [3.8, 4) is 0 Å². The lowest BCUT2D eigenvalue weighted by atomic mass is 10.1. The first kappa shape index (κ1) is 13.6. The molecule has 0 aliphatic carbocycles. The molecule has 1 aromatic rings. The number of nitrogens with one attached hydrogen (secondary N) is 1. The second kappa shape index (κ2) is 4.82. The van der Waals surface area contributed by atoms with Crippen molar-refractivity contribution in [2.45, 2.75) is 53.1 Å². The van der Waals surface area contributed by atoms with E-state index < -0.39 is 0 Å². The van der Waals surface area contributed by atoms with E-state index in [9.17, 15) is 0 Å². The van der Waals surface area contributed by atoms with E-state index in [-0.39, 0.29) is 11.6 Å². The summed E-state index contributed by atoms with van der Waals surface area (Å²) in [4.78, 5) is 4.43. The molecule has 96 valence electrons. The van der Waals surface area contributed by atoms with Gasteiger partial charge < -0.3 is 15.5 Å². The summed E-state index contributed by atoms with van der Waals surface area (Å²) in [5, 5.41) is 3.14. The van der Waals surface area contributed by atoms with Gasteiger partial charge in [-0.25, -0.2) is 4.99 Å². The Hall–Kier alpha value is -1.45. The lowest BCUT2D eigenvalue weighted by Gasteiger charge is -2.21. The number of rotatable bonds is 2. The van der Waals surface area contributed by atoms with Gasteiger partial charge in [-0.2, -0.15) is 0 Å². The fraction of sp³-hybridized carbons (Fsp3) is 0.615. The summed E-state index contributed by atoms with van der Waals surface area (Å²) in [6, 6.07) is 2.01. The summed E-state index contributed by atoms with van der Waals surface area (Å²) in [5.41, 5.74) is 6.87. The Bertz CT molecular complexity index is 413. The molecular formula is C13H23N3O. The number of aliphatic imine (C=N–C) groups is 1. The van der Waals surface area contributed by atoms with Gasteiger partial charge in [-0.15, -0.1) is 0 Å². The van der Waals surface area contributed by atoms with Crippen molar-refractivity contribution in [1.29, 1.82) is 0 Å². The summed E-state index contributed by atoms with van der Waals surface area (Å²) < 4.78 is 5.49. The van der Waals surface area contributed by atoms with Crippen LogP contribution in [0.3, 0.4) is 0 Å². The maximum Gasteiger partial charge on any atom is 0.189 e. The zero-order chi connectivity index (χ0) is 13.2. The Kier molecular flexibility index (Phi) is 3.86. The van der Waals surface area contributed by atoms with Crippen molar-refractivity contribution in [2.24, 2.45) is 10.7 Å². The molecule has 0 saturated carbocycles. The van der Waals surface area contributed by atoms with E-state index in [0.717, 1.165) is 17.1 Å². The van der Waals surface area contributed by atoms with Crippen LogP contribution in [0, 0.1) is 13.8 Å². The quantitative estimate of drug-likeness (QED) is 0.614. The molecule has 3 N–H and O–H groups in total. The van der Waals surface area contributed by atoms with Crippen molar-refractivity contribution in [1.82, 2.24) is 5.32 Å². The molecule has 17 heavy (non-hydrogen) atoms. The van der Waals surface area contributed by atoms with Crippen LogP contribution >= 0.6 is 0 Å². The molecule has 0 bridgehead atoms. The van der Waals surface area contributed by atoms with E-state index in [1.807, 2.05) is 47.6 Å². The number of nitrogens with two attached hydrogens (primary N) is 1. The van der Waals surface area contributed by atoms with E-state index >= 15 is 0 Å². The monoisotopic (exact) mass is 237 g/mol. The Labute approximate surface area is 103 Å². The van der Waals surface area contributed by atoms with E-state index in [4.69, 9.17) is 10.2 Å². The minimum Gasteiger partial charge on any atom is -0.466 e. The number of nitrogens with zero attached hydrogens (tertiary/aromatic N) is 1. The highest BCUT2D eigenvalue weighted by Crippen LogP contribution is 2.23. The zero-order valence-corrected chi connectivity index (χ0v) is 11.6. The summed E-state index contributed by atoms with van der Waals surface area (Å²) in [7, 11) is 0. The molecule has 0 spiro atoms. The van der Waals surface area contributed by atoms with E-state index in [1.54, 1.807) is 0 Å². The number of hydrogen-bond acceptors (Lipinski definition) is 2. The lowest BCUT2D eigenvalue weighted by Crippen LogP contribution is -2.45. The highest BCUT2D eigenvalue weighted by Gasteiger charge is 2.14. The maximum absolute atomic E-state index is 5.86. The third-order valence-electron chi connectivity index (χ3n) is 2.37. The normalized spacial score (nSPS) is 14.8. The first-order valence-electron chi connectivity index (χ1n) is 5.87. The zero-order valence-electron chi connectivity index (χ0n) is 11.6. The van der Waals surface area contributed by atoms with Crippen LogP contribution < -0.4 is 11.1 Å². The van der Waals surface area contributed by atoms with Gasteiger partial charge in [0.2, 0.25) is 0 Å². The molecule has 0 aliphatic rings. The molecule has 4 nitrogen and oxygen atoms in total. The largest absolute Gasteiger partial charge is 0.466 e. The molecule has 0 aromatic carbocycles. The molecule has 1 atom stereocenters. The number of aryl methyl sites for hydroxylation is 2. The minimum atomic E-state index is -0.0747. The third kappa shape index (κ3) is 4.13. The molecule has 0 saturated heterocycles. The van der Waals surface area contributed by atoms with E-state index in [0.29, 0.717) is 5.96 Å². The van der Waals surface area contributed by atoms with Gasteiger partial charge in [0, 0.05) is 11.1 Å². The Morgan fingerprint density at radius 1 is 1.41 bits per heavy atom. The van der Waals surface area contributed by atoms with Crippen molar-refractivity contribution >= 4 is 5.96 Å². The van der Waals surface area contributed by atoms with Crippen LogP contribution in [0.1, 0.15) is 50.8 Å². The van der Waals surface area contributed by atoms with Crippen molar-refractivity contribution in [3.63, 3.8) is 0 Å². The molecule has 1 rings (SSSR count). The standard InChI is InChI=1S/C13H23N3O/c1-8-7-11(10(3)17-8)9(2)15-12(14)16-13(4,5)6/h7,9H,1-6H3,(H3,14,15,16). The first-order chi connectivity index (χ1) is 7.69. The van der Waals surface area contributed by atoms with E-state index in [2.05, 4.69) is 10.3 Å². The van der Waals surface area contributed by atoms with Crippen molar-refractivity contribution in [2.75, 3.05) is 0 Å². The van der Waals surface area contributed by atoms with Crippen LogP contribution in [0.4, 0.5) is 0 Å². The Morgan fingerprint density at radius 3 is 2.41 bits per heavy atom. The molecule has 1 unspecified atom stereocenters. The lowest BCUT2D eigenvalue weighted by molar-refractivity contribution is 0.497. The molecule has 1 aromatic heterocycles. The molecule has 1 heterocycles. The average Bonchev–Trinajstić information content (AvgIpc) is 2.41. The highest BCUT2D eigenvalue weighted by atomic mass is 16.3. The summed E-state index contributed by atoms with van der Waals surface area (Å²) in [6.07, 6.45) is 0. The predicted molar refractivity (Wildman–Crippen MR) is 71.1 cm³/mol. The second-order valence-corrected chi connectivity index (χ2v) is 5.43. The number of furan rings is 1. The van der Waals surface area contributed by atoms with Gasteiger partial charge in [-0.3, -0.25) is 0 Å². The summed E-state index contributed by atoms with van der Waals surface area (Å²) in [6.45, 7) is 12.0. The van der Waals surface area contributed by atoms with Crippen LogP contribution in [0.5, 0.6) is 0 Å². The third-order valence-corrected chi connectivity index (χ3v) is 2.37. The van der Waals surface area contributed by atoms with E-state index in [1.165, 1.54) is 0 Å².